The molecule has 0 amide bonds. The van der Waals surface area contributed by atoms with Crippen LogP contribution in [0, 0.1) is 0 Å². The summed E-state index contributed by atoms with van der Waals surface area (Å²) in [5, 5.41) is 5.91. The highest BCUT2D eigenvalue weighted by Gasteiger charge is 2.35. The van der Waals surface area contributed by atoms with E-state index in [1.807, 2.05) is 18.2 Å². The van der Waals surface area contributed by atoms with Crippen LogP contribution in [-0.2, 0) is 5.41 Å². The van der Waals surface area contributed by atoms with Crippen LogP contribution >= 0.6 is 0 Å². The molecule has 3 heterocycles. The molecule has 0 atom stereocenters. The molecule has 1 aliphatic rings. The second-order valence-electron chi connectivity index (χ2n) is 17.8. The van der Waals surface area contributed by atoms with Crippen molar-refractivity contribution in [3.05, 3.63) is 223 Å². The molecule has 0 saturated carbocycles. The molecular formula is C61H41N5. The van der Waals surface area contributed by atoms with E-state index >= 15 is 0 Å². The van der Waals surface area contributed by atoms with Gasteiger partial charge in [0.25, 0.3) is 0 Å². The fourth-order valence-corrected chi connectivity index (χ4v) is 10.4. The molecule has 9 aromatic carbocycles. The zero-order valence-corrected chi connectivity index (χ0v) is 36.4. The fourth-order valence-electron chi connectivity index (χ4n) is 10.4. The number of pyridine rings is 1. The Kier molecular flexibility index (Phi) is 8.49. The number of aromatic nitrogens is 5. The molecule has 0 aliphatic heterocycles. The van der Waals surface area contributed by atoms with Crippen molar-refractivity contribution in [2.24, 2.45) is 0 Å². The average molecular weight is 844 g/mol. The van der Waals surface area contributed by atoms with E-state index in [9.17, 15) is 0 Å². The van der Waals surface area contributed by atoms with E-state index in [-0.39, 0.29) is 5.41 Å². The van der Waals surface area contributed by atoms with Gasteiger partial charge in [0.15, 0.2) is 17.5 Å². The van der Waals surface area contributed by atoms with Gasteiger partial charge in [-0.15, -0.1) is 0 Å². The molecule has 5 nitrogen and oxygen atoms in total. The molecule has 1 aliphatic carbocycles. The van der Waals surface area contributed by atoms with Crippen LogP contribution in [0.3, 0.4) is 0 Å². The summed E-state index contributed by atoms with van der Waals surface area (Å²) in [5.41, 5.74) is 16.5. The minimum Gasteiger partial charge on any atom is -0.309 e. The molecule has 13 rings (SSSR count). The Balaban J connectivity index is 0.943. The molecule has 3 aromatic heterocycles. The van der Waals surface area contributed by atoms with Crippen LogP contribution < -0.4 is 0 Å². The van der Waals surface area contributed by atoms with Gasteiger partial charge >= 0.3 is 0 Å². The largest absolute Gasteiger partial charge is 0.309 e. The molecule has 0 fully saturated rings. The van der Waals surface area contributed by atoms with Gasteiger partial charge in [0.2, 0.25) is 0 Å². The van der Waals surface area contributed by atoms with Crippen LogP contribution in [0.2, 0.25) is 0 Å². The molecular weight excluding hydrogens is 803 g/mol. The Morgan fingerprint density at radius 3 is 1.67 bits per heavy atom. The van der Waals surface area contributed by atoms with Gasteiger partial charge < -0.3 is 4.57 Å². The minimum atomic E-state index is -0.139. The first-order valence-electron chi connectivity index (χ1n) is 22.6. The van der Waals surface area contributed by atoms with Gasteiger partial charge in [-0.1, -0.05) is 190 Å². The molecule has 0 saturated heterocycles. The smallest absolute Gasteiger partial charge is 0.164 e. The van der Waals surface area contributed by atoms with Crippen LogP contribution in [0.5, 0.6) is 0 Å². The Morgan fingerprint density at radius 1 is 0.348 bits per heavy atom. The molecule has 310 valence electrons. The minimum absolute atomic E-state index is 0.139. The third kappa shape index (κ3) is 5.94. The summed E-state index contributed by atoms with van der Waals surface area (Å²) in [4.78, 5) is 20.8. The van der Waals surface area contributed by atoms with Crippen LogP contribution in [0.1, 0.15) is 25.0 Å². The van der Waals surface area contributed by atoms with Crippen molar-refractivity contribution >= 4 is 43.5 Å². The zero-order valence-electron chi connectivity index (χ0n) is 36.4. The molecule has 0 bridgehead atoms. The Labute approximate surface area is 382 Å². The molecule has 0 unspecified atom stereocenters. The van der Waals surface area contributed by atoms with E-state index in [1.54, 1.807) is 0 Å². The predicted octanol–water partition coefficient (Wildman–Crippen LogP) is 15.3. The van der Waals surface area contributed by atoms with E-state index in [1.165, 1.54) is 49.4 Å². The maximum atomic E-state index is 5.46. The molecule has 12 aromatic rings. The first kappa shape index (κ1) is 38.0. The van der Waals surface area contributed by atoms with E-state index < -0.39 is 0 Å². The Bertz CT molecular complexity index is 3870. The lowest BCUT2D eigenvalue weighted by molar-refractivity contribution is 0.660. The van der Waals surface area contributed by atoms with Gasteiger partial charge in [-0.05, 0) is 69.8 Å². The average Bonchev–Trinajstić information content (AvgIpc) is 3.84. The lowest BCUT2D eigenvalue weighted by atomic mass is 9.82. The summed E-state index contributed by atoms with van der Waals surface area (Å²) in [7, 11) is 0. The lowest BCUT2D eigenvalue weighted by Gasteiger charge is -2.21. The quantitative estimate of drug-likeness (QED) is 0.156. The summed E-state index contributed by atoms with van der Waals surface area (Å²) in [6.45, 7) is 4.61. The molecule has 0 N–H and O–H groups in total. The Morgan fingerprint density at radius 2 is 0.909 bits per heavy atom. The lowest BCUT2D eigenvalue weighted by Crippen LogP contribution is -2.15. The highest BCUT2D eigenvalue weighted by molar-refractivity contribution is 6.29. The Hall–Kier alpha value is -8.54. The maximum absolute atomic E-state index is 5.46. The van der Waals surface area contributed by atoms with Crippen LogP contribution in [0.15, 0.2) is 212 Å². The number of fused-ring (bicyclic) bond motifs is 10. The van der Waals surface area contributed by atoms with Gasteiger partial charge in [-0.3, -0.25) is 0 Å². The molecule has 5 heteroatoms. The van der Waals surface area contributed by atoms with E-state index in [2.05, 4.69) is 213 Å². The monoisotopic (exact) mass is 843 g/mol. The van der Waals surface area contributed by atoms with Gasteiger partial charge in [0, 0.05) is 60.3 Å². The van der Waals surface area contributed by atoms with Crippen molar-refractivity contribution in [1.29, 1.82) is 0 Å². The van der Waals surface area contributed by atoms with E-state index in [0.29, 0.717) is 17.5 Å². The topological polar surface area (TPSA) is 56.5 Å². The standard InChI is InChI=1S/C61H41N5/c1-61(2)50-24-14-12-22-45(50)46-32-31-43(36-51(46)61)60-64-58(40-18-8-4-9-19-40)63-59(65-60)41-28-26-38(27-29-41)42-30-33-47-52(37-42)62-57(39-16-6-3-7-17-39)49-34-35-54-56(55(47)49)48-23-13-15-25-53(48)66(54)44-20-10-5-11-21-44/h3-37H,1-2H3. The maximum Gasteiger partial charge on any atom is 0.164 e. The number of rotatable bonds is 6. The van der Waals surface area contributed by atoms with Crippen LogP contribution in [-0.4, -0.2) is 24.5 Å². The highest BCUT2D eigenvalue weighted by atomic mass is 15.0. The third-order valence-corrected chi connectivity index (χ3v) is 13.6. The number of benzene rings is 9. The van der Waals surface area contributed by atoms with Gasteiger partial charge in [0.1, 0.15) is 0 Å². The summed E-state index contributed by atoms with van der Waals surface area (Å²) in [6.07, 6.45) is 0. The number of hydrogen-bond acceptors (Lipinski definition) is 4. The first-order chi connectivity index (χ1) is 32.5. The second kappa shape index (κ2) is 14.8. The molecule has 0 radical (unpaired) electrons. The van der Waals surface area contributed by atoms with Crippen molar-refractivity contribution in [3.63, 3.8) is 0 Å². The second-order valence-corrected chi connectivity index (χ2v) is 17.8. The number of nitrogens with zero attached hydrogens (tertiary/aromatic N) is 5. The summed E-state index contributed by atoms with van der Waals surface area (Å²) < 4.78 is 2.39. The van der Waals surface area contributed by atoms with Crippen LogP contribution in [0.25, 0.3) is 117 Å². The summed E-state index contributed by atoms with van der Waals surface area (Å²) >= 11 is 0. The third-order valence-electron chi connectivity index (χ3n) is 13.6. The molecule has 66 heavy (non-hydrogen) atoms. The predicted molar refractivity (Wildman–Crippen MR) is 272 cm³/mol. The van der Waals surface area contributed by atoms with Gasteiger partial charge in [-0.25, -0.2) is 19.9 Å². The van der Waals surface area contributed by atoms with Crippen molar-refractivity contribution in [2.75, 3.05) is 0 Å². The van der Waals surface area contributed by atoms with E-state index in [4.69, 9.17) is 19.9 Å². The van der Waals surface area contributed by atoms with Gasteiger partial charge in [0.05, 0.1) is 22.2 Å². The zero-order chi connectivity index (χ0) is 43.9. The van der Waals surface area contributed by atoms with Crippen molar-refractivity contribution < 1.29 is 0 Å². The molecule has 0 spiro atoms. The van der Waals surface area contributed by atoms with Gasteiger partial charge in [-0.2, -0.15) is 0 Å². The SMILES string of the molecule is CC1(C)c2ccccc2-c2ccc(-c3nc(-c4ccccc4)nc(-c4ccc(-c5ccc6c(c5)nc(-c5ccccc5)c5ccc7c(c8ccccc8n7-c7ccccc7)c56)cc4)n3)cc21. The van der Waals surface area contributed by atoms with Crippen molar-refractivity contribution in [1.82, 2.24) is 24.5 Å². The van der Waals surface area contributed by atoms with E-state index in [0.717, 1.165) is 61.1 Å². The van der Waals surface area contributed by atoms with Crippen molar-refractivity contribution in [2.45, 2.75) is 19.3 Å². The summed E-state index contributed by atoms with van der Waals surface area (Å²) in [6, 6.07) is 75.4. The first-order valence-corrected chi connectivity index (χ1v) is 22.6. The van der Waals surface area contributed by atoms with Crippen LogP contribution in [0.4, 0.5) is 0 Å². The normalized spacial score (nSPS) is 12.8. The number of para-hydroxylation sites is 2. The fraction of sp³-hybridized carbons (Fsp3) is 0.0492. The highest BCUT2D eigenvalue weighted by Crippen LogP contribution is 2.49. The van der Waals surface area contributed by atoms with Crippen molar-refractivity contribution in [3.8, 4) is 73.4 Å². The number of hydrogen-bond donors (Lipinski definition) is 0. The summed E-state index contributed by atoms with van der Waals surface area (Å²) in [5.74, 6) is 1.93.